The van der Waals surface area contributed by atoms with E-state index in [0.29, 0.717) is 24.6 Å². The number of nitrogens with one attached hydrogen (secondary N) is 2. The average Bonchev–Trinajstić information content (AvgIpc) is 2.18. The highest BCUT2D eigenvalue weighted by Crippen LogP contribution is 2.12. The van der Waals surface area contributed by atoms with E-state index < -0.39 is 6.03 Å². The lowest BCUT2D eigenvalue weighted by molar-refractivity contribution is 0.249. The number of rotatable bonds is 4. The average molecular weight is 209 g/mol. The summed E-state index contributed by atoms with van der Waals surface area (Å²) >= 11 is 0. The minimum atomic E-state index is -0.534. The Hall–Kier alpha value is -1.98. The SMILES string of the molecule is Cc1cnc(NCCNC(N)=O)cc1N. The molecule has 0 unspecified atom stereocenters. The highest BCUT2D eigenvalue weighted by atomic mass is 16.2. The zero-order valence-corrected chi connectivity index (χ0v) is 8.58. The fourth-order valence-electron chi connectivity index (χ4n) is 1.01. The van der Waals surface area contributed by atoms with Gasteiger partial charge in [-0.3, -0.25) is 0 Å². The second-order valence-electron chi connectivity index (χ2n) is 3.14. The van der Waals surface area contributed by atoms with Crippen molar-refractivity contribution in [1.82, 2.24) is 10.3 Å². The maximum atomic E-state index is 10.4. The largest absolute Gasteiger partial charge is 0.398 e. The van der Waals surface area contributed by atoms with E-state index in [9.17, 15) is 4.79 Å². The van der Waals surface area contributed by atoms with E-state index >= 15 is 0 Å². The summed E-state index contributed by atoms with van der Waals surface area (Å²) in [5.41, 5.74) is 12.2. The van der Waals surface area contributed by atoms with E-state index in [-0.39, 0.29) is 0 Å². The number of nitrogens with two attached hydrogens (primary N) is 2. The third-order valence-corrected chi connectivity index (χ3v) is 1.88. The number of aryl methyl sites for hydroxylation is 1. The lowest BCUT2D eigenvalue weighted by Gasteiger charge is -2.07. The van der Waals surface area contributed by atoms with Crippen LogP contribution in [0.4, 0.5) is 16.3 Å². The Balaban J connectivity index is 2.38. The van der Waals surface area contributed by atoms with Crippen LogP contribution in [0.25, 0.3) is 0 Å². The van der Waals surface area contributed by atoms with Crippen LogP contribution in [0.15, 0.2) is 12.3 Å². The van der Waals surface area contributed by atoms with Gasteiger partial charge in [-0.25, -0.2) is 9.78 Å². The molecule has 0 aliphatic carbocycles. The Labute approximate surface area is 88.1 Å². The van der Waals surface area contributed by atoms with Gasteiger partial charge in [0.2, 0.25) is 0 Å². The molecule has 15 heavy (non-hydrogen) atoms. The van der Waals surface area contributed by atoms with Crippen LogP contribution in [0.3, 0.4) is 0 Å². The van der Waals surface area contributed by atoms with Crippen molar-refractivity contribution in [2.75, 3.05) is 24.1 Å². The molecule has 0 bridgehead atoms. The van der Waals surface area contributed by atoms with Gasteiger partial charge in [0.1, 0.15) is 5.82 Å². The Bertz CT molecular complexity index is 352. The lowest BCUT2D eigenvalue weighted by Crippen LogP contribution is -2.33. The number of nitrogen functional groups attached to an aromatic ring is 1. The summed E-state index contributed by atoms with van der Waals surface area (Å²) in [5.74, 6) is 0.685. The van der Waals surface area contributed by atoms with Gasteiger partial charge in [-0.15, -0.1) is 0 Å². The molecule has 0 atom stereocenters. The molecule has 1 rings (SSSR count). The summed E-state index contributed by atoms with van der Waals surface area (Å²) in [6.07, 6.45) is 1.69. The van der Waals surface area contributed by atoms with Crippen LogP contribution in [-0.4, -0.2) is 24.1 Å². The quantitative estimate of drug-likeness (QED) is 0.526. The smallest absolute Gasteiger partial charge is 0.312 e. The number of urea groups is 1. The molecule has 6 nitrogen and oxygen atoms in total. The van der Waals surface area contributed by atoms with Crippen LogP contribution in [0, 0.1) is 6.92 Å². The molecule has 82 valence electrons. The van der Waals surface area contributed by atoms with Crippen molar-refractivity contribution in [3.05, 3.63) is 17.8 Å². The van der Waals surface area contributed by atoms with Gasteiger partial charge in [0.15, 0.2) is 0 Å². The molecule has 1 heterocycles. The Morgan fingerprint density at radius 3 is 2.87 bits per heavy atom. The number of aromatic nitrogens is 1. The van der Waals surface area contributed by atoms with E-state index in [4.69, 9.17) is 11.5 Å². The van der Waals surface area contributed by atoms with Crippen LogP contribution < -0.4 is 22.1 Å². The predicted octanol–water partition coefficient (Wildman–Crippen LogP) is 0.0524. The predicted molar refractivity (Wildman–Crippen MR) is 59.5 cm³/mol. The summed E-state index contributed by atoms with van der Waals surface area (Å²) in [5, 5.41) is 5.47. The van der Waals surface area contributed by atoms with Crippen molar-refractivity contribution >= 4 is 17.5 Å². The fraction of sp³-hybridized carbons (Fsp3) is 0.333. The first-order valence-electron chi connectivity index (χ1n) is 4.59. The van der Waals surface area contributed by atoms with Gasteiger partial charge < -0.3 is 22.1 Å². The highest BCUT2D eigenvalue weighted by Gasteiger charge is 1.97. The third-order valence-electron chi connectivity index (χ3n) is 1.88. The first-order chi connectivity index (χ1) is 7.09. The first-order valence-corrected chi connectivity index (χ1v) is 4.59. The van der Waals surface area contributed by atoms with Gasteiger partial charge >= 0.3 is 6.03 Å². The maximum absolute atomic E-state index is 10.4. The molecule has 0 radical (unpaired) electrons. The van der Waals surface area contributed by atoms with E-state index in [0.717, 1.165) is 5.56 Å². The van der Waals surface area contributed by atoms with Crippen molar-refractivity contribution in [2.24, 2.45) is 5.73 Å². The van der Waals surface area contributed by atoms with Crippen LogP contribution >= 0.6 is 0 Å². The molecule has 0 saturated carbocycles. The van der Waals surface area contributed by atoms with Gasteiger partial charge in [-0.05, 0) is 12.5 Å². The second-order valence-corrected chi connectivity index (χ2v) is 3.14. The van der Waals surface area contributed by atoms with Crippen LogP contribution in [0.5, 0.6) is 0 Å². The molecule has 0 spiro atoms. The number of anilines is 2. The van der Waals surface area contributed by atoms with Crippen LogP contribution in [-0.2, 0) is 0 Å². The first kappa shape index (κ1) is 11.1. The standard InChI is InChI=1S/C9H15N5O/c1-6-5-14-8(4-7(6)10)12-2-3-13-9(11)15/h4-5H,2-3H2,1H3,(H3,10,12,14)(H3,11,13,15). The number of hydrogen-bond acceptors (Lipinski definition) is 4. The molecule has 6 heteroatoms. The van der Waals surface area contributed by atoms with Crippen molar-refractivity contribution in [3.8, 4) is 0 Å². The molecular formula is C9H15N5O. The topological polar surface area (TPSA) is 106 Å². The third kappa shape index (κ3) is 3.72. The van der Waals surface area contributed by atoms with E-state index in [1.54, 1.807) is 12.3 Å². The zero-order chi connectivity index (χ0) is 11.3. The van der Waals surface area contributed by atoms with Crippen molar-refractivity contribution in [3.63, 3.8) is 0 Å². The minimum Gasteiger partial charge on any atom is -0.398 e. The lowest BCUT2D eigenvalue weighted by atomic mass is 10.2. The minimum absolute atomic E-state index is 0.449. The second kappa shape index (κ2) is 5.04. The molecule has 0 saturated heterocycles. The summed E-state index contributed by atoms with van der Waals surface area (Å²) in [7, 11) is 0. The Morgan fingerprint density at radius 1 is 1.53 bits per heavy atom. The molecule has 6 N–H and O–H groups in total. The van der Waals surface area contributed by atoms with Crippen LogP contribution in [0.2, 0.25) is 0 Å². The number of nitrogens with zero attached hydrogens (tertiary/aromatic N) is 1. The molecular weight excluding hydrogens is 194 g/mol. The zero-order valence-electron chi connectivity index (χ0n) is 8.58. The van der Waals surface area contributed by atoms with Gasteiger partial charge in [0.05, 0.1) is 0 Å². The Morgan fingerprint density at radius 2 is 2.27 bits per heavy atom. The van der Waals surface area contributed by atoms with Crippen molar-refractivity contribution in [1.29, 1.82) is 0 Å². The van der Waals surface area contributed by atoms with Crippen LogP contribution in [0.1, 0.15) is 5.56 Å². The number of primary amides is 1. The fourth-order valence-corrected chi connectivity index (χ4v) is 1.01. The summed E-state index contributed by atoms with van der Waals surface area (Å²) < 4.78 is 0. The monoisotopic (exact) mass is 209 g/mol. The molecule has 2 amide bonds. The number of amides is 2. The number of carbonyl (C=O) groups is 1. The van der Waals surface area contributed by atoms with E-state index in [1.165, 1.54) is 0 Å². The highest BCUT2D eigenvalue weighted by molar-refractivity contribution is 5.71. The number of hydrogen-bond donors (Lipinski definition) is 4. The van der Waals surface area contributed by atoms with Crippen molar-refractivity contribution in [2.45, 2.75) is 6.92 Å². The van der Waals surface area contributed by atoms with Gasteiger partial charge in [-0.1, -0.05) is 0 Å². The molecule has 0 aromatic carbocycles. The molecule has 1 aromatic rings. The molecule has 1 aromatic heterocycles. The van der Waals surface area contributed by atoms with Gasteiger partial charge in [0, 0.05) is 31.0 Å². The molecule has 0 aliphatic rings. The van der Waals surface area contributed by atoms with Gasteiger partial charge in [-0.2, -0.15) is 0 Å². The van der Waals surface area contributed by atoms with Crippen molar-refractivity contribution < 1.29 is 4.79 Å². The number of pyridine rings is 1. The summed E-state index contributed by atoms with van der Waals surface area (Å²) in [6, 6.07) is 1.22. The molecule has 0 fully saturated rings. The van der Waals surface area contributed by atoms with E-state index in [1.807, 2.05) is 6.92 Å². The maximum Gasteiger partial charge on any atom is 0.312 e. The number of carbonyl (C=O) groups excluding carboxylic acids is 1. The normalized spacial score (nSPS) is 9.67. The molecule has 0 aliphatic heterocycles. The van der Waals surface area contributed by atoms with Gasteiger partial charge in [0.25, 0.3) is 0 Å². The van der Waals surface area contributed by atoms with E-state index in [2.05, 4.69) is 15.6 Å². The Kier molecular flexibility index (Phi) is 3.73. The summed E-state index contributed by atoms with van der Waals surface area (Å²) in [6.45, 7) is 2.89. The summed E-state index contributed by atoms with van der Waals surface area (Å²) in [4.78, 5) is 14.5.